The van der Waals surface area contributed by atoms with E-state index in [4.69, 9.17) is 5.73 Å². The van der Waals surface area contributed by atoms with Crippen LogP contribution in [0.5, 0.6) is 0 Å². The van der Waals surface area contributed by atoms with Gasteiger partial charge in [-0.1, -0.05) is 0 Å². The molecule has 1 amide bonds. The quantitative estimate of drug-likeness (QED) is 0.696. The van der Waals surface area contributed by atoms with Crippen LogP contribution in [-0.4, -0.2) is 53.7 Å². The maximum absolute atomic E-state index is 10.9. The number of primary amides is 1. The van der Waals surface area contributed by atoms with Crippen molar-refractivity contribution in [3.05, 3.63) is 23.9 Å². The zero-order chi connectivity index (χ0) is 14.4. The Kier molecular flexibility index (Phi) is 5.31. The fourth-order valence-electron chi connectivity index (χ4n) is 2.49. The number of anilines is 1. The van der Waals surface area contributed by atoms with Crippen molar-refractivity contribution in [2.45, 2.75) is 12.8 Å². The molecule has 1 atom stereocenters. The highest BCUT2D eigenvalue weighted by atomic mass is 16.3. The molecule has 2 rings (SSSR count). The van der Waals surface area contributed by atoms with E-state index >= 15 is 0 Å². The molecule has 6 heteroatoms. The van der Waals surface area contributed by atoms with Gasteiger partial charge in [0.1, 0.15) is 5.82 Å². The summed E-state index contributed by atoms with van der Waals surface area (Å²) in [6.07, 6.45) is 3.75. The Hall–Kier alpha value is -1.66. The third-order valence-corrected chi connectivity index (χ3v) is 3.64. The SMILES string of the molecule is NC(=O)c1ccc(NCCN2CCCC(CO)C2)nc1. The summed E-state index contributed by atoms with van der Waals surface area (Å²) in [5.41, 5.74) is 5.58. The van der Waals surface area contributed by atoms with Gasteiger partial charge in [0.25, 0.3) is 0 Å². The molecule has 110 valence electrons. The third kappa shape index (κ3) is 4.18. The third-order valence-electron chi connectivity index (χ3n) is 3.64. The van der Waals surface area contributed by atoms with E-state index in [1.165, 1.54) is 6.20 Å². The Labute approximate surface area is 119 Å². The molecule has 0 aliphatic carbocycles. The zero-order valence-electron chi connectivity index (χ0n) is 11.6. The molecule has 1 aliphatic rings. The van der Waals surface area contributed by atoms with Crippen molar-refractivity contribution in [2.24, 2.45) is 11.7 Å². The number of hydrogen-bond donors (Lipinski definition) is 3. The Morgan fingerprint density at radius 2 is 2.40 bits per heavy atom. The lowest BCUT2D eigenvalue weighted by atomic mass is 9.99. The van der Waals surface area contributed by atoms with Crippen molar-refractivity contribution in [1.82, 2.24) is 9.88 Å². The van der Waals surface area contributed by atoms with Crippen molar-refractivity contribution < 1.29 is 9.90 Å². The molecule has 2 heterocycles. The molecule has 0 spiro atoms. The number of carbonyl (C=O) groups excluding carboxylic acids is 1. The fraction of sp³-hybridized carbons (Fsp3) is 0.571. The molecule has 1 aromatic rings. The van der Waals surface area contributed by atoms with Gasteiger partial charge in [0, 0.05) is 32.4 Å². The highest BCUT2D eigenvalue weighted by Gasteiger charge is 2.18. The summed E-state index contributed by atoms with van der Waals surface area (Å²) in [6.45, 7) is 4.05. The molecular weight excluding hydrogens is 256 g/mol. The predicted octanol–water partition coefficient (Wildman–Crippen LogP) is 0.297. The summed E-state index contributed by atoms with van der Waals surface area (Å²) in [5.74, 6) is 0.690. The van der Waals surface area contributed by atoms with E-state index < -0.39 is 5.91 Å². The topological polar surface area (TPSA) is 91.5 Å². The maximum Gasteiger partial charge on any atom is 0.250 e. The highest BCUT2D eigenvalue weighted by molar-refractivity contribution is 5.92. The second-order valence-corrected chi connectivity index (χ2v) is 5.21. The summed E-state index contributed by atoms with van der Waals surface area (Å²) >= 11 is 0. The lowest BCUT2D eigenvalue weighted by molar-refractivity contribution is 0.1000. The van der Waals surface area contributed by atoms with Crippen molar-refractivity contribution in [3.8, 4) is 0 Å². The van der Waals surface area contributed by atoms with Crippen LogP contribution in [0.1, 0.15) is 23.2 Å². The van der Waals surface area contributed by atoms with Gasteiger partial charge in [0.2, 0.25) is 5.91 Å². The van der Waals surface area contributed by atoms with Crippen LogP contribution < -0.4 is 11.1 Å². The second-order valence-electron chi connectivity index (χ2n) is 5.21. The van der Waals surface area contributed by atoms with Gasteiger partial charge in [-0.3, -0.25) is 4.79 Å². The van der Waals surface area contributed by atoms with Gasteiger partial charge < -0.3 is 21.1 Å². The summed E-state index contributed by atoms with van der Waals surface area (Å²) < 4.78 is 0. The average molecular weight is 278 g/mol. The first-order valence-corrected chi connectivity index (χ1v) is 7.02. The van der Waals surface area contributed by atoms with E-state index in [9.17, 15) is 9.90 Å². The lowest BCUT2D eigenvalue weighted by Gasteiger charge is -2.31. The minimum Gasteiger partial charge on any atom is -0.396 e. The van der Waals surface area contributed by atoms with E-state index in [1.54, 1.807) is 12.1 Å². The number of hydrogen-bond acceptors (Lipinski definition) is 5. The number of aliphatic hydroxyl groups excluding tert-OH is 1. The normalized spacial score (nSPS) is 19.8. The van der Waals surface area contributed by atoms with Gasteiger partial charge in [0.15, 0.2) is 0 Å². The number of piperidine rings is 1. The van der Waals surface area contributed by atoms with Crippen molar-refractivity contribution >= 4 is 11.7 Å². The van der Waals surface area contributed by atoms with Gasteiger partial charge in [-0.25, -0.2) is 4.98 Å². The minimum absolute atomic E-state index is 0.278. The molecule has 1 saturated heterocycles. The zero-order valence-corrected chi connectivity index (χ0v) is 11.6. The summed E-state index contributed by atoms with van der Waals surface area (Å²) in [6, 6.07) is 3.42. The predicted molar refractivity (Wildman–Crippen MR) is 77.5 cm³/mol. The average Bonchev–Trinajstić information content (AvgIpc) is 2.48. The fourth-order valence-corrected chi connectivity index (χ4v) is 2.49. The summed E-state index contributed by atoms with van der Waals surface area (Å²) in [4.78, 5) is 17.4. The molecule has 4 N–H and O–H groups in total. The Balaban J connectivity index is 1.74. The van der Waals surface area contributed by atoms with E-state index in [0.29, 0.717) is 11.5 Å². The molecule has 1 aromatic heterocycles. The first kappa shape index (κ1) is 14.7. The van der Waals surface area contributed by atoms with Crippen LogP contribution in [-0.2, 0) is 0 Å². The van der Waals surface area contributed by atoms with Crippen LogP contribution >= 0.6 is 0 Å². The summed E-state index contributed by atoms with van der Waals surface area (Å²) in [5, 5.41) is 12.4. The number of nitrogens with two attached hydrogens (primary N) is 1. The molecule has 0 bridgehead atoms. The van der Waals surface area contributed by atoms with Crippen LogP contribution in [0.15, 0.2) is 18.3 Å². The summed E-state index contributed by atoms with van der Waals surface area (Å²) in [7, 11) is 0. The number of nitrogens with one attached hydrogen (secondary N) is 1. The van der Waals surface area contributed by atoms with Gasteiger partial charge in [-0.05, 0) is 37.4 Å². The van der Waals surface area contributed by atoms with Crippen molar-refractivity contribution in [3.63, 3.8) is 0 Å². The number of aliphatic hydroxyl groups is 1. The van der Waals surface area contributed by atoms with E-state index in [1.807, 2.05) is 0 Å². The van der Waals surface area contributed by atoms with Crippen LogP contribution in [0.4, 0.5) is 5.82 Å². The van der Waals surface area contributed by atoms with Gasteiger partial charge in [0.05, 0.1) is 5.56 Å². The van der Waals surface area contributed by atoms with E-state index in [0.717, 1.165) is 44.8 Å². The molecule has 0 radical (unpaired) electrons. The van der Waals surface area contributed by atoms with Gasteiger partial charge in [-0.15, -0.1) is 0 Å². The Morgan fingerprint density at radius 1 is 1.55 bits per heavy atom. The van der Waals surface area contributed by atoms with Gasteiger partial charge >= 0.3 is 0 Å². The van der Waals surface area contributed by atoms with Crippen molar-refractivity contribution in [2.75, 3.05) is 38.1 Å². The minimum atomic E-state index is -0.465. The molecular formula is C14H22N4O2. The smallest absolute Gasteiger partial charge is 0.250 e. The highest BCUT2D eigenvalue weighted by Crippen LogP contribution is 2.15. The van der Waals surface area contributed by atoms with Crippen LogP contribution in [0.3, 0.4) is 0 Å². The largest absolute Gasteiger partial charge is 0.396 e. The molecule has 0 saturated carbocycles. The first-order valence-electron chi connectivity index (χ1n) is 7.02. The number of rotatable bonds is 6. The van der Waals surface area contributed by atoms with Crippen LogP contribution in [0, 0.1) is 5.92 Å². The van der Waals surface area contributed by atoms with Crippen molar-refractivity contribution in [1.29, 1.82) is 0 Å². The second kappa shape index (κ2) is 7.21. The number of carbonyl (C=O) groups is 1. The number of nitrogens with zero attached hydrogens (tertiary/aromatic N) is 2. The molecule has 0 aromatic carbocycles. The molecule has 1 aliphatic heterocycles. The van der Waals surface area contributed by atoms with E-state index in [-0.39, 0.29) is 6.61 Å². The molecule has 20 heavy (non-hydrogen) atoms. The lowest BCUT2D eigenvalue weighted by Crippen LogP contribution is -2.39. The maximum atomic E-state index is 10.9. The standard InChI is InChI=1S/C14H22N4O2/c15-14(20)12-3-4-13(17-8-12)16-5-7-18-6-1-2-11(9-18)10-19/h3-4,8,11,19H,1-2,5-7,9-10H2,(H2,15,20)(H,16,17). The van der Waals surface area contributed by atoms with Crippen LogP contribution in [0.25, 0.3) is 0 Å². The number of aromatic nitrogens is 1. The van der Waals surface area contributed by atoms with Crippen LogP contribution in [0.2, 0.25) is 0 Å². The number of amides is 1. The Bertz CT molecular complexity index is 435. The monoisotopic (exact) mass is 278 g/mol. The van der Waals surface area contributed by atoms with Gasteiger partial charge in [-0.2, -0.15) is 0 Å². The van der Waals surface area contributed by atoms with E-state index in [2.05, 4.69) is 15.2 Å². The first-order chi connectivity index (χ1) is 9.69. The number of pyridine rings is 1. The molecule has 6 nitrogen and oxygen atoms in total. The molecule has 1 unspecified atom stereocenters. The Morgan fingerprint density at radius 3 is 3.05 bits per heavy atom. The number of likely N-dealkylation sites (tertiary alicyclic amines) is 1. The molecule has 1 fully saturated rings.